The first-order valence-corrected chi connectivity index (χ1v) is 11.6. The third-order valence-electron chi connectivity index (χ3n) is 4.62. The van der Waals surface area contributed by atoms with Gasteiger partial charge in [0.05, 0.1) is 24.0 Å². The Balaban J connectivity index is 1.84. The Labute approximate surface area is 181 Å². The summed E-state index contributed by atoms with van der Waals surface area (Å²) < 4.78 is 28.0. The summed E-state index contributed by atoms with van der Waals surface area (Å²) >= 11 is 6.04. The number of sulfonamides is 1. The van der Waals surface area contributed by atoms with Crippen LogP contribution in [0.3, 0.4) is 0 Å². The molecule has 3 aromatic rings. The number of carbonyl (C=O) groups excluding carboxylic acids is 1. The van der Waals surface area contributed by atoms with Crippen LogP contribution in [-0.4, -0.2) is 36.2 Å². The number of nitrogens with zero attached hydrogens (tertiary/aromatic N) is 3. The normalized spacial score (nSPS) is 12.4. The van der Waals surface area contributed by atoms with Crippen molar-refractivity contribution >= 4 is 33.2 Å². The Bertz CT molecular complexity index is 1120. The second-order valence-electron chi connectivity index (χ2n) is 6.78. The molecule has 1 amide bonds. The molecule has 7 nitrogen and oxygen atoms in total. The fraction of sp³-hybridized carbons (Fsp3) is 0.238. The highest BCUT2D eigenvalue weighted by molar-refractivity contribution is 7.92. The van der Waals surface area contributed by atoms with Crippen molar-refractivity contribution in [3.05, 3.63) is 77.8 Å². The lowest BCUT2D eigenvalue weighted by Crippen LogP contribution is -2.49. The number of halogens is 1. The number of amides is 1. The number of hydrogen-bond donors (Lipinski definition) is 1. The van der Waals surface area contributed by atoms with Crippen molar-refractivity contribution in [3.63, 3.8) is 0 Å². The molecule has 0 aliphatic heterocycles. The topological polar surface area (TPSA) is 84.3 Å². The number of nitrogens with one attached hydrogen (secondary N) is 1. The van der Waals surface area contributed by atoms with E-state index in [1.807, 2.05) is 35.0 Å². The Morgan fingerprint density at radius 3 is 2.63 bits per heavy atom. The van der Waals surface area contributed by atoms with E-state index in [0.717, 1.165) is 21.8 Å². The van der Waals surface area contributed by atoms with E-state index in [1.165, 1.54) is 6.07 Å². The molecule has 0 unspecified atom stereocenters. The van der Waals surface area contributed by atoms with Crippen LogP contribution in [0.2, 0.25) is 5.02 Å². The molecule has 0 aliphatic rings. The third kappa shape index (κ3) is 5.01. The van der Waals surface area contributed by atoms with Gasteiger partial charge in [-0.1, -0.05) is 42.8 Å². The third-order valence-corrected chi connectivity index (χ3v) is 6.03. The van der Waals surface area contributed by atoms with Gasteiger partial charge in [0.2, 0.25) is 15.9 Å². The van der Waals surface area contributed by atoms with E-state index in [2.05, 4.69) is 10.3 Å². The van der Waals surface area contributed by atoms with Crippen molar-refractivity contribution in [2.75, 3.05) is 10.6 Å². The maximum Gasteiger partial charge on any atom is 0.244 e. The summed E-state index contributed by atoms with van der Waals surface area (Å²) in [6, 6.07) is 13.2. The van der Waals surface area contributed by atoms with Crippen LogP contribution in [0.5, 0.6) is 0 Å². The fourth-order valence-corrected chi connectivity index (χ4v) is 4.68. The molecule has 0 saturated heterocycles. The van der Waals surface area contributed by atoms with Crippen molar-refractivity contribution in [3.8, 4) is 5.69 Å². The minimum absolute atomic E-state index is 0.247. The molecule has 0 saturated carbocycles. The Morgan fingerprint density at radius 1 is 1.23 bits per heavy atom. The molecule has 2 aromatic carbocycles. The number of rotatable bonds is 8. The second-order valence-corrected chi connectivity index (χ2v) is 9.08. The Morgan fingerprint density at radius 2 is 2.00 bits per heavy atom. The zero-order valence-corrected chi connectivity index (χ0v) is 18.3. The molecule has 0 spiro atoms. The summed E-state index contributed by atoms with van der Waals surface area (Å²) in [6.07, 6.45) is 6.56. The summed E-state index contributed by atoms with van der Waals surface area (Å²) in [6.45, 7) is 2.02. The number of anilines is 1. The van der Waals surface area contributed by atoms with E-state index in [4.69, 9.17) is 11.6 Å². The maximum atomic E-state index is 13.0. The smallest absolute Gasteiger partial charge is 0.244 e. The van der Waals surface area contributed by atoms with E-state index < -0.39 is 16.1 Å². The summed E-state index contributed by atoms with van der Waals surface area (Å²) in [5.74, 6) is -0.386. The summed E-state index contributed by atoms with van der Waals surface area (Å²) in [5.41, 5.74) is 2.12. The standard InChI is InChI=1S/C21H23ClN4O3S/c1-3-19(26(30(2,28)29)18-9-6-8-17(22)13-18)21(27)24-14-16-7-4-5-10-20(16)25-12-11-23-15-25/h4-13,15,19H,3,14H2,1-2H3,(H,24,27)/t19-/m1/s1. The molecule has 3 rings (SSSR count). The van der Waals surface area contributed by atoms with Gasteiger partial charge in [-0.15, -0.1) is 0 Å². The SMILES string of the molecule is CC[C@H](C(=O)NCc1ccccc1-n1ccnc1)N(c1cccc(Cl)c1)S(C)(=O)=O. The molecular weight excluding hydrogens is 424 g/mol. The largest absolute Gasteiger partial charge is 0.350 e. The minimum Gasteiger partial charge on any atom is -0.350 e. The predicted octanol–water partition coefficient (Wildman–Crippen LogP) is 3.39. The van der Waals surface area contributed by atoms with Gasteiger partial charge in [-0.2, -0.15) is 0 Å². The van der Waals surface area contributed by atoms with Crippen LogP contribution in [0.4, 0.5) is 5.69 Å². The van der Waals surface area contributed by atoms with E-state index >= 15 is 0 Å². The van der Waals surface area contributed by atoms with Crippen LogP contribution in [0.25, 0.3) is 5.69 Å². The molecule has 0 bridgehead atoms. The summed E-state index contributed by atoms with van der Waals surface area (Å²) in [7, 11) is -3.72. The molecule has 1 heterocycles. The lowest BCUT2D eigenvalue weighted by Gasteiger charge is -2.30. The van der Waals surface area contributed by atoms with Crippen molar-refractivity contribution in [2.24, 2.45) is 0 Å². The van der Waals surface area contributed by atoms with Gasteiger partial charge in [-0.3, -0.25) is 9.10 Å². The van der Waals surface area contributed by atoms with Gasteiger partial charge in [-0.05, 0) is 36.2 Å². The van der Waals surface area contributed by atoms with Crippen molar-refractivity contribution < 1.29 is 13.2 Å². The van der Waals surface area contributed by atoms with Gasteiger partial charge >= 0.3 is 0 Å². The van der Waals surface area contributed by atoms with Gasteiger partial charge < -0.3 is 9.88 Å². The Hall–Kier alpha value is -2.84. The quantitative estimate of drug-likeness (QED) is 0.574. The summed E-state index contributed by atoms with van der Waals surface area (Å²) in [5, 5.41) is 3.27. The lowest BCUT2D eigenvalue weighted by molar-refractivity contribution is -0.122. The van der Waals surface area contributed by atoms with Crippen LogP contribution in [0.1, 0.15) is 18.9 Å². The monoisotopic (exact) mass is 446 g/mol. The van der Waals surface area contributed by atoms with Crippen LogP contribution < -0.4 is 9.62 Å². The van der Waals surface area contributed by atoms with E-state index in [1.54, 1.807) is 37.6 Å². The van der Waals surface area contributed by atoms with Crippen molar-refractivity contribution in [1.29, 1.82) is 0 Å². The molecule has 1 aromatic heterocycles. The molecule has 158 valence electrons. The maximum absolute atomic E-state index is 13.0. The highest BCUT2D eigenvalue weighted by Crippen LogP contribution is 2.25. The number of hydrogen-bond acceptors (Lipinski definition) is 4. The highest BCUT2D eigenvalue weighted by atomic mass is 35.5. The Kier molecular flexibility index (Phi) is 6.79. The molecule has 9 heteroatoms. The minimum atomic E-state index is -3.72. The van der Waals surface area contributed by atoms with Crippen LogP contribution in [0.15, 0.2) is 67.3 Å². The van der Waals surface area contributed by atoms with Gasteiger partial charge in [0, 0.05) is 24.0 Å². The van der Waals surface area contributed by atoms with Crippen LogP contribution in [0, 0.1) is 0 Å². The number of para-hydroxylation sites is 1. The number of benzene rings is 2. The zero-order chi connectivity index (χ0) is 21.7. The van der Waals surface area contributed by atoms with Gasteiger partial charge in [-0.25, -0.2) is 13.4 Å². The van der Waals surface area contributed by atoms with E-state index in [0.29, 0.717) is 17.1 Å². The molecule has 30 heavy (non-hydrogen) atoms. The first kappa shape index (κ1) is 21.9. The number of imidazole rings is 1. The molecule has 1 N–H and O–H groups in total. The van der Waals surface area contributed by atoms with Gasteiger partial charge in [0.1, 0.15) is 6.04 Å². The first-order chi connectivity index (χ1) is 14.3. The van der Waals surface area contributed by atoms with E-state index in [9.17, 15) is 13.2 Å². The van der Waals surface area contributed by atoms with E-state index in [-0.39, 0.29) is 12.5 Å². The predicted molar refractivity (Wildman–Crippen MR) is 118 cm³/mol. The average molecular weight is 447 g/mol. The van der Waals surface area contributed by atoms with Gasteiger partial charge in [0.25, 0.3) is 0 Å². The van der Waals surface area contributed by atoms with Crippen molar-refractivity contribution in [2.45, 2.75) is 25.9 Å². The summed E-state index contributed by atoms with van der Waals surface area (Å²) in [4.78, 5) is 17.1. The zero-order valence-electron chi connectivity index (χ0n) is 16.7. The van der Waals surface area contributed by atoms with Crippen LogP contribution >= 0.6 is 11.6 Å². The lowest BCUT2D eigenvalue weighted by atomic mass is 10.1. The van der Waals surface area contributed by atoms with Crippen LogP contribution in [-0.2, 0) is 21.4 Å². The number of carbonyl (C=O) groups is 1. The molecule has 0 aliphatic carbocycles. The number of aromatic nitrogens is 2. The van der Waals surface area contributed by atoms with Crippen molar-refractivity contribution in [1.82, 2.24) is 14.9 Å². The first-order valence-electron chi connectivity index (χ1n) is 9.40. The molecule has 0 fully saturated rings. The molecule has 0 radical (unpaired) electrons. The fourth-order valence-electron chi connectivity index (χ4n) is 3.29. The second kappa shape index (κ2) is 9.32. The highest BCUT2D eigenvalue weighted by Gasteiger charge is 2.31. The molecular formula is C21H23ClN4O3S. The van der Waals surface area contributed by atoms with Gasteiger partial charge in [0.15, 0.2) is 0 Å². The molecule has 1 atom stereocenters. The average Bonchev–Trinajstić information content (AvgIpc) is 3.24.